The van der Waals surface area contributed by atoms with Crippen molar-refractivity contribution >= 4 is 23.0 Å². The van der Waals surface area contributed by atoms with E-state index in [2.05, 4.69) is 0 Å². The molecule has 1 heterocycles. The Morgan fingerprint density at radius 1 is 1.44 bits per heavy atom. The smallest absolute Gasteiger partial charge is 0.144 e. The summed E-state index contributed by atoms with van der Waals surface area (Å²) in [4.78, 5) is 1.92. The summed E-state index contributed by atoms with van der Waals surface area (Å²) >= 11 is 5.68. The van der Waals surface area contributed by atoms with E-state index in [-0.39, 0.29) is 5.02 Å². The van der Waals surface area contributed by atoms with E-state index in [0.717, 1.165) is 5.76 Å². The lowest BCUT2D eigenvalue weighted by atomic mass is 10.2. The molecule has 18 heavy (non-hydrogen) atoms. The van der Waals surface area contributed by atoms with Gasteiger partial charge in [-0.1, -0.05) is 11.6 Å². The lowest BCUT2D eigenvalue weighted by Gasteiger charge is -2.23. The minimum atomic E-state index is -0.473. The zero-order valence-corrected chi connectivity index (χ0v) is 10.7. The summed E-state index contributed by atoms with van der Waals surface area (Å²) in [6, 6.07) is 6.46. The average Bonchev–Trinajstić information content (AvgIpc) is 2.84. The van der Waals surface area contributed by atoms with E-state index in [1.165, 1.54) is 12.1 Å². The van der Waals surface area contributed by atoms with Crippen molar-refractivity contribution in [1.29, 1.82) is 0 Å². The van der Waals surface area contributed by atoms with Crippen molar-refractivity contribution < 1.29 is 8.81 Å². The summed E-state index contributed by atoms with van der Waals surface area (Å²) in [7, 11) is 0. The van der Waals surface area contributed by atoms with Crippen molar-refractivity contribution in [3.8, 4) is 0 Å². The molecule has 1 aromatic heterocycles. The summed E-state index contributed by atoms with van der Waals surface area (Å²) in [6.45, 7) is 3.19. The lowest BCUT2D eigenvalue weighted by Crippen LogP contribution is -2.23. The molecule has 0 aliphatic rings. The lowest BCUT2D eigenvalue weighted by molar-refractivity contribution is 0.503. The number of anilines is 2. The number of nitrogens with zero attached hydrogens (tertiary/aromatic N) is 1. The number of hydrogen-bond donors (Lipinski definition) is 1. The van der Waals surface area contributed by atoms with Crippen LogP contribution in [0.2, 0.25) is 5.02 Å². The molecule has 0 aliphatic heterocycles. The Labute approximate surface area is 110 Å². The zero-order valence-electron chi connectivity index (χ0n) is 9.99. The van der Waals surface area contributed by atoms with Crippen molar-refractivity contribution in [3.63, 3.8) is 0 Å². The third kappa shape index (κ3) is 2.59. The third-order valence-electron chi connectivity index (χ3n) is 2.72. The first-order valence-corrected chi connectivity index (χ1v) is 6.01. The van der Waals surface area contributed by atoms with Gasteiger partial charge in [0.25, 0.3) is 0 Å². The number of furan rings is 1. The van der Waals surface area contributed by atoms with Crippen LogP contribution in [0.4, 0.5) is 15.8 Å². The molecular formula is C13H14ClFN2O. The van der Waals surface area contributed by atoms with Crippen LogP contribution in [0, 0.1) is 5.82 Å². The Hall–Kier alpha value is -1.68. The molecule has 0 radical (unpaired) electrons. The maximum absolute atomic E-state index is 13.5. The van der Waals surface area contributed by atoms with Gasteiger partial charge in [-0.2, -0.15) is 0 Å². The molecular weight excluding hydrogens is 255 g/mol. The fraction of sp³-hybridized carbons (Fsp3) is 0.231. The maximum atomic E-state index is 13.5. The summed E-state index contributed by atoms with van der Waals surface area (Å²) < 4.78 is 18.8. The molecule has 2 rings (SSSR count). The molecule has 96 valence electrons. The van der Waals surface area contributed by atoms with Crippen LogP contribution >= 0.6 is 11.6 Å². The molecule has 2 aromatic rings. The van der Waals surface area contributed by atoms with Crippen LogP contribution in [-0.2, 0) is 6.54 Å². The van der Waals surface area contributed by atoms with Crippen molar-refractivity contribution in [2.24, 2.45) is 0 Å². The Morgan fingerprint density at radius 3 is 2.83 bits per heavy atom. The predicted octanol–water partition coefficient (Wildman–Crippen LogP) is 3.68. The highest BCUT2D eigenvalue weighted by Gasteiger charge is 2.13. The molecule has 3 nitrogen and oxygen atoms in total. The monoisotopic (exact) mass is 268 g/mol. The van der Waals surface area contributed by atoms with Gasteiger partial charge in [0.2, 0.25) is 0 Å². The van der Waals surface area contributed by atoms with Gasteiger partial charge in [-0.05, 0) is 25.1 Å². The minimum Gasteiger partial charge on any atom is -0.467 e. The van der Waals surface area contributed by atoms with E-state index in [9.17, 15) is 4.39 Å². The Balaban J connectivity index is 2.30. The summed E-state index contributed by atoms with van der Waals surface area (Å²) in [6.07, 6.45) is 1.61. The van der Waals surface area contributed by atoms with Gasteiger partial charge < -0.3 is 15.1 Å². The topological polar surface area (TPSA) is 42.4 Å². The second-order valence-corrected chi connectivity index (χ2v) is 4.33. The van der Waals surface area contributed by atoms with Crippen LogP contribution in [-0.4, -0.2) is 6.54 Å². The highest BCUT2D eigenvalue weighted by atomic mass is 35.5. The highest BCUT2D eigenvalue weighted by Crippen LogP contribution is 2.30. The summed E-state index contributed by atoms with van der Waals surface area (Å²) in [5.41, 5.74) is 6.95. The molecule has 0 fully saturated rings. The second-order valence-electron chi connectivity index (χ2n) is 3.92. The number of rotatable bonds is 4. The van der Waals surface area contributed by atoms with Crippen molar-refractivity contribution in [2.75, 3.05) is 17.2 Å². The maximum Gasteiger partial charge on any atom is 0.144 e. The van der Waals surface area contributed by atoms with Crippen molar-refractivity contribution in [3.05, 3.63) is 47.1 Å². The Morgan fingerprint density at radius 2 is 2.22 bits per heavy atom. The van der Waals surface area contributed by atoms with Gasteiger partial charge in [0, 0.05) is 12.6 Å². The van der Waals surface area contributed by atoms with E-state index in [1.54, 1.807) is 6.26 Å². The molecule has 0 saturated carbocycles. The van der Waals surface area contributed by atoms with Crippen LogP contribution < -0.4 is 10.6 Å². The highest BCUT2D eigenvalue weighted by molar-refractivity contribution is 6.31. The summed E-state index contributed by atoms with van der Waals surface area (Å²) in [5, 5.41) is 0.0327. The van der Waals surface area contributed by atoms with E-state index < -0.39 is 5.82 Å². The van der Waals surface area contributed by atoms with Crippen LogP contribution in [0.1, 0.15) is 12.7 Å². The van der Waals surface area contributed by atoms with E-state index in [1.807, 2.05) is 24.0 Å². The van der Waals surface area contributed by atoms with Gasteiger partial charge >= 0.3 is 0 Å². The molecule has 0 unspecified atom stereocenters. The third-order valence-corrected chi connectivity index (χ3v) is 3.01. The Bertz CT molecular complexity index is 528. The van der Waals surface area contributed by atoms with Gasteiger partial charge in [-0.3, -0.25) is 0 Å². The van der Waals surface area contributed by atoms with E-state index in [0.29, 0.717) is 24.5 Å². The molecule has 0 aliphatic carbocycles. The molecule has 0 saturated heterocycles. The van der Waals surface area contributed by atoms with Gasteiger partial charge in [0.1, 0.15) is 11.6 Å². The molecule has 0 atom stereocenters. The van der Waals surface area contributed by atoms with Crippen molar-refractivity contribution in [1.82, 2.24) is 0 Å². The molecule has 0 amide bonds. The fourth-order valence-corrected chi connectivity index (χ4v) is 1.96. The normalized spacial score (nSPS) is 10.6. The number of benzene rings is 1. The van der Waals surface area contributed by atoms with Gasteiger partial charge in [0.15, 0.2) is 0 Å². The largest absolute Gasteiger partial charge is 0.467 e. The SMILES string of the molecule is CCN(Cc1ccco1)c1cc(F)c(Cl)cc1N. The van der Waals surface area contributed by atoms with Crippen LogP contribution in [0.3, 0.4) is 0 Å². The first-order valence-electron chi connectivity index (χ1n) is 5.63. The van der Waals surface area contributed by atoms with Crippen molar-refractivity contribution in [2.45, 2.75) is 13.5 Å². The summed E-state index contributed by atoms with van der Waals surface area (Å²) in [5.74, 6) is 0.324. The number of hydrogen-bond acceptors (Lipinski definition) is 3. The van der Waals surface area contributed by atoms with Crippen LogP contribution in [0.25, 0.3) is 0 Å². The van der Waals surface area contributed by atoms with Gasteiger partial charge in [0.05, 0.1) is 29.2 Å². The first-order chi connectivity index (χ1) is 8.61. The quantitative estimate of drug-likeness (QED) is 0.860. The number of nitrogen functional groups attached to an aromatic ring is 1. The standard InChI is InChI=1S/C13H14ClFN2O/c1-2-17(8-9-4-3-5-18-9)13-7-11(15)10(14)6-12(13)16/h3-7H,2,8,16H2,1H3. The second kappa shape index (κ2) is 5.31. The first kappa shape index (κ1) is 12.8. The zero-order chi connectivity index (χ0) is 13.1. The minimum absolute atomic E-state index is 0.0327. The fourth-order valence-electron chi connectivity index (χ4n) is 1.78. The predicted molar refractivity (Wildman–Crippen MR) is 71.3 cm³/mol. The molecule has 1 aromatic carbocycles. The van der Waals surface area contributed by atoms with E-state index >= 15 is 0 Å². The molecule has 0 bridgehead atoms. The average molecular weight is 269 g/mol. The van der Waals surface area contributed by atoms with Gasteiger partial charge in [-0.15, -0.1) is 0 Å². The van der Waals surface area contributed by atoms with Crippen LogP contribution in [0.15, 0.2) is 34.9 Å². The molecule has 2 N–H and O–H groups in total. The van der Waals surface area contributed by atoms with E-state index in [4.69, 9.17) is 21.8 Å². The van der Waals surface area contributed by atoms with Gasteiger partial charge in [-0.25, -0.2) is 4.39 Å². The molecule has 0 spiro atoms. The number of nitrogens with two attached hydrogens (primary N) is 1. The molecule has 5 heteroatoms. The number of halogens is 2. The Kier molecular flexibility index (Phi) is 3.77. The van der Waals surface area contributed by atoms with Crippen LogP contribution in [0.5, 0.6) is 0 Å².